The molecule has 2 aliphatic heterocycles. The van der Waals surface area contributed by atoms with E-state index in [2.05, 4.69) is 21.6 Å². The minimum atomic E-state index is -0.355. The maximum atomic E-state index is 12.6. The number of hydrogen-bond donors (Lipinski definition) is 2. The number of nitriles is 1. The largest absolute Gasteiger partial charge is 0.497 e. The van der Waals surface area contributed by atoms with Gasteiger partial charge in [-0.25, -0.2) is 4.98 Å². The van der Waals surface area contributed by atoms with Gasteiger partial charge in [-0.15, -0.1) is 0 Å². The molecule has 4 rings (SSSR count). The molecule has 0 spiro atoms. The molecule has 1 amide bonds. The number of hydrogen-bond acceptors (Lipinski definition) is 8. The van der Waals surface area contributed by atoms with Gasteiger partial charge in [0, 0.05) is 49.9 Å². The summed E-state index contributed by atoms with van der Waals surface area (Å²) < 4.78 is 11.3. The van der Waals surface area contributed by atoms with Crippen LogP contribution in [0.4, 0.5) is 11.5 Å². The molecule has 1 saturated heterocycles. The van der Waals surface area contributed by atoms with Gasteiger partial charge in [-0.3, -0.25) is 4.79 Å². The highest BCUT2D eigenvalue weighted by Gasteiger charge is 2.33. The number of pyridine rings is 1. The average Bonchev–Trinajstić information content (AvgIpc) is 2.82. The van der Waals surface area contributed by atoms with Gasteiger partial charge in [0.2, 0.25) is 5.91 Å². The van der Waals surface area contributed by atoms with Gasteiger partial charge >= 0.3 is 0 Å². The van der Waals surface area contributed by atoms with Crippen LogP contribution in [0.25, 0.3) is 0 Å². The summed E-state index contributed by atoms with van der Waals surface area (Å²) in [4.78, 5) is 19.8. The number of carbonyl (C=O) groups is 1. The van der Waals surface area contributed by atoms with Crippen LogP contribution < -0.4 is 20.3 Å². The van der Waals surface area contributed by atoms with Gasteiger partial charge in [0.05, 0.1) is 30.6 Å². The Balaban J connectivity index is 1.60. The van der Waals surface area contributed by atoms with Crippen molar-refractivity contribution in [3.63, 3.8) is 0 Å². The van der Waals surface area contributed by atoms with Gasteiger partial charge in [-0.1, -0.05) is 17.8 Å². The number of benzene rings is 1. The van der Waals surface area contributed by atoms with Crippen molar-refractivity contribution in [2.75, 3.05) is 49.3 Å². The Morgan fingerprint density at radius 3 is 2.88 bits per heavy atom. The van der Waals surface area contributed by atoms with E-state index >= 15 is 0 Å². The zero-order valence-corrected chi connectivity index (χ0v) is 20.1. The molecule has 3 heterocycles. The number of aromatic nitrogens is 1. The number of rotatable bonds is 6. The third kappa shape index (κ3) is 5.41. The molecular weight excluding hydrogens is 438 g/mol. The first-order valence-corrected chi connectivity index (χ1v) is 12.0. The monoisotopic (exact) mass is 467 g/mol. The lowest BCUT2D eigenvalue weighted by Gasteiger charge is -2.37. The number of nitrogens with one attached hydrogen (secondary N) is 2. The van der Waals surface area contributed by atoms with E-state index < -0.39 is 0 Å². The number of nitrogens with zero attached hydrogens (tertiary/aromatic N) is 3. The normalized spacial score (nSPS) is 17.1. The third-order valence-electron chi connectivity index (χ3n) is 5.79. The van der Waals surface area contributed by atoms with Gasteiger partial charge in [0.15, 0.2) is 0 Å². The summed E-state index contributed by atoms with van der Waals surface area (Å²) in [5, 5.41) is 16.9. The highest BCUT2D eigenvalue weighted by Crippen LogP contribution is 2.38. The minimum Gasteiger partial charge on any atom is -0.497 e. The molecule has 174 valence electrons. The molecular formula is C24H29N5O3S. The molecule has 0 radical (unpaired) electrons. The summed E-state index contributed by atoms with van der Waals surface area (Å²) in [6.07, 6.45) is 0.635. The second-order valence-corrected chi connectivity index (χ2v) is 9.68. The molecule has 2 aromatic rings. The summed E-state index contributed by atoms with van der Waals surface area (Å²) in [5.41, 5.74) is 2.86. The quantitative estimate of drug-likeness (QED) is 0.626. The van der Waals surface area contributed by atoms with Crippen molar-refractivity contribution < 1.29 is 14.3 Å². The Morgan fingerprint density at radius 1 is 1.36 bits per heavy atom. The number of methoxy groups -OCH3 is 1. The van der Waals surface area contributed by atoms with Gasteiger partial charge in [0.25, 0.3) is 0 Å². The Morgan fingerprint density at radius 2 is 2.15 bits per heavy atom. The van der Waals surface area contributed by atoms with Crippen LogP contribution >= 0.6 is 11.8 Å². The number of anilines is 2. The first kappa shape index (κ1) is 23.4. The lowest BCUT2D eigenvalue weighted by atomic mass is 9.89. The fraction of sp³-hybridized carbons (Fsp3) is 0.458. The second-order valence-electron chi connectivity index (χ2n) is 8.72. The first-order valence-electron chi connectivity index (χ1n) is 11.0. The van der Waals surface area contributed by atoms with E-state index in [1.807, 2.05) is 32.0 Å². The molecule has 2 aliphatic rings. The Kier molecular flexibility index (Phi) is 7.08. The van der Waals surface area contributed by atoms with E-state index in [1.54, 1.807) is 13.2 Å². The van der Waals surface area contributed by atoms with E-state index in [9.17, 15) is 10.1 Å². The Labute approximate surface area is 198 Å². The van der Waals surface area contributed by atoms with E-state index in [0.29, 0.717) is 35.1 Å². The van der Waals surface area contributed by atoms with E-state index in [-0.39, 0.29) is 17.3 Å². The predicted octanol–water partition coefficient (Wildman–Crippen LogP) is 2.95. The molecule has 0 unspecified atom stereocenters. The SMILES string of the molecule is COc1cccc(NC(=O)CSc2nc(N3CCNCC3)c3c(c2C#N)CC(C)(C)OC3)c1. The summed E-state index contributed by atoms with van der Waals surface area (Å²) in [7, 11) is 1.59. The van der Waals surface area contributed by atoms with Crippen LogP contribution in [0.3, 0.4) is 0 Å². The van der Waals surface area contributed by atoms with Crippen LogP contribution in [0.15, 0.2) is 29.3 Å². The number of carbonyl (C=O) groups excluding carboxylic acids is 1. The first-order chi connectivity index (χ1) is 15.9. The van der Waals surface area contributed by atoms with Gasteiger partial charge < -0.3 is 25.0 Å². The lowest BCUT2D eigenvalue weighted by Crippen LogP contribution is -2.45. The molecule has 0 aliphatic carbocycles. The van der Waals surface area contributed by atoms with Gasteiger partial charge in [0.1, 0.15) is 22.7 Å². The molecule has 2 N–H and O–H groups in total. The molecule has 33 heavy (non-hydrogen) atoms. The number of amides is 1. The van der Waals surface area contributed by atoms with Crippen molar-refractivity contribution in [3.8, 4) is 11.8 Å². The number of piperazine rings is 1. The Bertz CT molecular complexity index is 1080. The minimum absolute atomic E-state index is 0.151. The molecule has 1 fully saturated rings. The second kappa shape index (κ2) is 10.00. The van der Waals surface area contributed by atoms with E-state index in [0.717, 1.165) is 43.1 Å². The molecule has 0 saturated carbocycles. The molecule has 8 nitrogen and oxygen atoms in total. The zero-order valence-electron chi connectivity index (χ0n) is 19.2. The molecule has 0 atom stereocenters. The van der Waals surface area contributed by atoms with Crippen LogP contribution in [0.1, 0.15) is 30.5 Å². The third-order valence-corrected chi connectivity index (χ3v) is 6.76. The van der Waals surface area contributed by atoms with Crippen molar-refractivity contribution in [2.24, 2.45) is 0 Å². The smallest absolute Gasteiger partial charge is 0.234 e. The highest BCUT2D eigenvalue weighted by molar-refractivity contribution is 8.00. The molecule has 9 heteroatoms. The van der Waals surface area contributed by atoms with Crippen LogP contribution in [-0.2, 0) is 22.6 Å². The van der Waals surface area contributed by atoms with Crippen LogP contribution in [0, 0.1) is 11.3 Å². The van der Waals surface area contributed by atoms with E-state index in [1.165, 1.54) is 11.8 Å². The summed E-state index contributed by atoms with van der Waals surface area (Å²) in [6.45, 7) is 7.96. The maximum absolute atomic E-state index is 12.6. The molecule has 1 aromatic carbocycles. The summed E-state index contributed by atoms with van der Waals surface area (Å²) in [6, 6.07) is 9.59. The fourth-order valence-electron chi connectivity index (χ4n) is 4.12. The van der Waals surface area contributed by atoms with Crippen molar-refractivity contribution in [2.45, 2.75) is 37.5 Å². The number of fused-ring (bicyclic) bond motifs is 1. The highest BCUT2D eigenvalue weighted by atomic mass is 32.2. The predicted molar refractivity (Wildman–Crippen MR) is 129 cm³/mol. The summed E-state index contributed by atoms with van der Waals surface area (Å²) in [5.74, 6) is 1.54. The van der Waals surface area contributed by atoms with Gasteiger partial charge in [-0.05, 0) is 31.5 Å². The standard InChI is InChI=1S/C24H29N5O3S/c1-24(2)12-18-19(13-25)23(28-22(20(18)14-32-24)29-9-7-26-8-10-29)33-15-21(30)27-16-5-4-6-17(11-16)31-3/h4-6,11,26H,7-10,12,14-15H2,1-3H3,(H,27,30). The van der Waals surface area contributed by atoms with Gasteiger partial charge in [-0.2, -0.15) is 5.26 Å². The van der Waals surface area contributed by atoms with Crippen molar-refractivity contribution in [1.82, 2.24) is 10.3 Å². The summed E-state index contributed by atoms with van der Waals surface area (Å²) >= 11 is 1.30. The zero-order chi connectivity index (χ0) is 23.4. The number of ether oxygens (including phenoxy) is 2. The van der Waals surface area contributed by atoms with E-state index in [4.69, 9.17) is 14.5 Å². The topological polar surface area (TPSA) is 99.5 Å². The van der Waals surface area contributed by atoms with Crippen molar-refractivity contribution in [1.29, 1.82) is 5.26 Å². The van der Waals surface area contributed by atoms with Crippen LogP contribution in [0.5, 0.6) is 5.75 Å². The maximum Gasteiger partial charge on any atom is 0.234 e. The number of thioether (sulfide) groups is 1. The van der Waals surface area contributed by atoms with Crippen molar-refractivity contribution in [3.05, 3.63) is 41.0 Å². The van der Waals surface area contributed by atoms with Crippen LogP contribution in [-0.4, -0.2) is 55.5 Å². The molecule has 1 aromatic heterocycles. The average molecular weight is 468 g/mol. The molecule has 0 bridgehead atoms. The Hall–Kier alpha value is -2.80. The lowest BCUT2D eigenvalue weighted by molar-refractivity contribution is -0.113. The van der Waals surface area contributed by atoms with Crippen LogP contribution in [0.2, 0.25) is 0 Å². The van der Waals surface area contributed by atoms with Crippen molar-refractivity contribution >= 4 is 29.2 Å². The fourth-order valence-corrected chi connectivity index (χ4v) is 4.92.